The quantitative estimate of drug-likeness (QED) is 0.408. The fraction of sp³-hybridized carbons (Fsp3) is 0.690. The van der Waals surface area contributed by atoms with Gasteiger partial charge in [-0.15, -0.1) is 0 Å². The summed E-state index contributed by atoms with van der Waals surface area (Å²) in [6.07, 6.45) is 4.91. The van der Waals surface area contributed by atoms with Gasteiger partial charge < -0.3 is 35.0 Å². The molecule has 1 unspecified atom stereocenters. The van der Waals surface area contributed by atoms with Gasteiger partial charge in [0.25, 0.3) is 5.91 Å². The number of aliphatic hydroxyl groups excluding tert-OH is 1. The monoisotopic (exact) mass is 542 g/mol. The van der Waals surface area contributed by atoms with Crippen LogP contribution in [-0.2, 0) is 19.1 Å². The summed E-state index contributed by atoms with van der Waals surface area (Å²) < 4.78 is 11.3. The second-order valence-electron chi connectivity index (χ2n) is 11.9. The molecule has 3 N–H and O–H groups in total. The van der Waals surface area contributed by atoms with Crippen molar-refractivity contribution in [3.8, 4) is 5.75 Å². The van der Waals surface area contributed by atoms with Gasteiger partial charge in [-0.1, -0.05) is 0 Å². The molecule has 1 aromatic rings. The summed E-state index contributed by atoms with van der Waals surface area (Å²) in [6.45, 7) is 5.60. The molecule has 5 rings (SSSR count). The van der Waals surface area contributed by atoms with Crippen molar-refractivity contribution in [3.63, 3.8) is 0 Å². The predicted octanol–water partition coefficient (Wildman–Crippen LogP) is 1.98. The minimum atomic E-state index is -0.981. The highest BCUT2D eigenvalue weighted by Gasteiger charge is 2.43. The van der Waals surface area contributed by atoms with Crippen LogP contribution in [-0.4, -0.2) is 80.0 Å². The van der Waals surface area contributed by atoms with E-state index in [0.29, 0.717) is 56.9 Å². The molecule has 2 saturated carbocycles. The maximum atomic E-state index is 14.0. The predicted molar refractivity (Wildman–Crippen MR) is 147 cm³/mol. The van der Waals surface area contributed by atoms with Crippen molar-refractivity contribution in [3.05, 3.63) is 18.2 Å². The number of piperidine rings is 1. The Kier molecular flexibility index (Phi) is 8.16. The molecule has 0 bridgehead atoms. The molecule has 0 spiro atoms. The van der Waals surface area contributed by atoms with Crippen LogP contribution in [0.4, 0.5) is 11.4 Å². The highest BCUT2D eigenvalue weighted by Crippen LogP contribution is 2.43. The van der Waals surface area contributed by atoms with Gasteiger partial charge in [0.2, 0.25) is 11.8 Å². The van der Waals surface area contributed by atoms with Crippen LogP contribution in [0.5, 0.6) is 5.75 Å². The molecule has 1 saturated heterocycles. The number of hydrogen-bond donors (Lipinski definition) is 3. The van der Waals surface area contributed by atoms with Crippen LogP contribution in [0.15, 0.2) is 18.2 Å². The van der Waals surface area contributed by atoms with E-state index in [1.165, 1.54) is 0 Å². The molecule has 1 aromatic carbocycles. The highest BCUT2D eigenvalue weighted by molar-refractivity contribution is 6.04. The SMILES string of the molecule is COCCCN1C(=O)C(C)(C)Oc2ccc(N(C(=O)[C@H]3CNC[C@@H](C(=O)NC4CCC[C@H]4O)C3)C3CC3)cc21. The summed E-state index contributed by atoms with van der Waals surface area (Å²) in [5, 5.41) is 16.4. The number of rotatable bonds is 9. The third kappa shape index (κ3) is 5.93. The lowest BCUT2D eigenvalue weighted by atomic mass is 9.88. The standard InChI is InChI=1S/C29H42N4O6/c1-29(2)28(37)32(12-5-13-38-3)23-15-21(10-11-25(23)39-29)33(20-8-9-20)27(36)19-14-18(16-30-17-19)26(35)31-22-6-4-7-24(22)34/h10-11,15,18-20,22,24,30,34H,4-9,12-14,16-17H2,1-3H3,(H,31,35)/t18-,19+,22?,24+/m0/s1. The molecule has 4 aliphatic rings. The number of methoxy groups -OCH3 is 1. The Morgan fingerprint density at radius 3 is 2.67 bits per heavy atom. The molecule has 4 atom stereocenters. The van der Waals surface area contributed by atoms with Gasteiger partial charge in [-0.05, 0) is 77.0 Å². The Hall–Kier alpha value is -2.69. The first-order valence-electron chi connectivity index (χ1n) is 14.4. The van der Waals surface area contributed by atoms with Crippen molar-refractivity contribution in [1.29, 1.82) is 0 Å². The minimum Gasteiger partial charge on any atom is -0.476 e. The number of hydrogen-bond acceptors (Lipinski definition) is 7. The second kappa shape index (κ2) is 11.4. The number of benzene rings is 1. The Bertz CT molecular complexity index is 1090. The van der Waals surface area contributed by atoms with Crippen LogP contribution in [0, 0.1) is 11.8 Å². The largest absolute Gasteiger partial charge is 0.476 e. The molecule has 0 aromatic heterocycles. The average molecular weight is 543 g/mol. The Morgan fingerprint density at radius 2 is 1.97 bits per heavy atom. The Labute approximate surface area is 230 Å². The normalized spacial score (nSPS) is 28.0. The summed E-state index contributed by atoms with van der Waals surface area (Å²) >= 11 is 0. The number of nitrogens with one attached hydrogen (secondary N) is 2. The molecule has 2 heterocycles. The number of ether oxygens (including phenoxy) is 2. The first-order chi connectivity index (χ1) is 18.7. The van der Waals surface area contributed by atoms with Gasteiger partial charge in [0.1, 0.15) is 5.75 Å². The van der Waals surface area contributed by atoms with Gasteiger partial charge in [0, 0.05) is 45.1 Å². The van der Waals surface area contributed by atoms with Crippen molar-refractivity contribution in [1.82, 2.24) is 10.6 Å². The lowest BCUT2D eigenvalue weighted by Crippen LogP contribution is -2.53. The van der Waals surface area contributed by atoms with Crippen LogP contribution in [0.2, 0.25) is 0 Å². The van der Waals surface area contributed by atoms with E-state index in [2.05, 4.69) is 10.6 Å². The van der Waals surface area contributed by atoms with Crippen LogP contribution in [0.25, 0.3) is 0 Å². The minimum absolute atomic E-state index is 0.00216. The van der Waals surface area contributed by atoms with E-state index >= 15 is 0 Å². The number of anilines is 2. The van der Waals surface area contributed by atoms with Gasteiger partial charge in [0.05, 0.1) is 29.7 Å². The molecule has 214 valence electrons. The molecule has 10 nitrogen and oxygen atoms in total. The summed E-state index contributed by atoms with van der Waals surface area (Å²) in [5.41, 5.74) is 0.432. The zero-order valence-electron chi connectivity index (χ0n) is 23.3. The number of nitrogens with zero attached hydrogens (tertiary/aromatic N) is 2. The van der Waals surface area contributed by atoms with E-state index in [-0.39, 0.29) is 41.6 Å². The summed E-state index contributed by atoms with van der Waals surface area (Å²) in [4.78, 5) is 43.8. The van der Waals surface area contributed by atoms with Gasteiger partial charge >= 0.3 is 0 Å². The topological polar surface area (TPSA) is 120 Å². The van der Waals surface area contributed by atoms with Gasteiger partial charge in [0.15, 0.2) is 5.60 Å². The summed E-state index contributed by atoms with van der Waals surface area (Å²) in [7, 11) is 1.64. The van der Waals surface area contributed by atoms with Gasteiger partial charge in [-0.2, -0.15) is 0 Å². The molecule has 2 aliphatic carbocycles. The second-order valence-corrected chi connectivity index (χ2v) is 11.9. The molecular formula is C29H42N4O6. The van der Waals surface area contributed by atoms with E-state index in [0.717, 1.165) is 31.4 Å². The molecule has 39 heavy (non-hydrogen) atoms. The van der Waals surface area contributed by atoms with Crippen molar-refractivity contribution in [2.45, 2.75) is 82.6 Å². The highest BCUT2D eigenvalue weighted by atomic mass is 16.5. The lowest BCUT2D eigenvalue weighted by Gasteiger charge is -2.39. The molecule has 10 heteroatoms. The van der Waals surface area contributed by atoms with Crippen LogP contribution in [0.3, 0.4) is 0 Å². The lowest BCUT2D eigenvalue weighted by molar-refractivity contribution is -0.132. The maximum Gasteiger partial charge on any atom is 0.270 e. The van der Waals surface area contributed by atoms with Crippen molar-refractivity contribution < 1.29 is 29.0 Å². The molecule has 2 aliphatic heterocycles. The van der Waals surface area contributed by atoms with E-state index in [9.17, 15) is 19.5 Å². The smallest absolute Gasteiger partial charge is 0.270 e. The zero-order chi connectivity index (χ0) is 27.7. The maximum absolute atomic E-state index is 14.0. The first kappa shape index (κ1) is 27.9. The van der Waals surface area contributed by atoms with Crippen molar-refractivity contribution >= 4 is 29.1 Å². The van der Waals surface area contributed by atoms with E-state index in [1.807, 2.05) is 23.1 Å². The number of carbonyl (C=O) groups excluding carboxylic acids is 3. The third-order valence-corrected chi connectivity index (χ3v) is 8.39. The Balaban J connectivity index is 1.34. The van der Waals surface area contributed by atoms with Crippen molar-refractivity contribution in [2.75, 3.05) is 43.2 Å². The molecule has 3 fully saturated rings. The number of aliphatic hydroxyl groups is 1. The zero-order valence-corrected chi connectivity index (χ0v) is 23.3. The van der Waals surface area contributed by atoms with Gasteiger partial charge in [-0.25, -0.2) is 0 Å². The van der Waals surface area contributed by atoms with E-state index in [4.69, 9.17) is 9.47 Å². The van der Waals surface area contributed by atoms with Crippen LogP contribution < -0.4 is 25.2 Å². The number of fused-ring (bicyclic) bond motifs is 1. The average Bonchev–Trinajstić information content (AvgIpc) is 3.67. The number of amides is 3. The Morgan fingerprint density at radius 1 is 1.21 bits per heavy atom. The van der Waals surface area contributed by atoms with E-state index < -0.39 is 11.7 Å². The molecule has 0 radical (unpaired) electrons. The van der Waals surface area contributed by atoms with Crippen LogP contribution >= 0.6 is 0 Å². The third-order valence-electron chi connectivity index (χ3n) is 8.39. The van der Waals surface area contributed by atoms with Crippen molar-refractivity contribution in [2.24, 2.45) is 11.8 Å². The fourth-order valence-electron chi connectivity index (χ4n) is 6.08. The van der Waals surface area contributed by atoms with E-state index in [1.54, 1.807) is 25.9 Å². The fourth-order valence-corrected chi connectivity index (χ4v) is 6.08. The summed E-state index contributed by atoms with van der Waals surface area (Å²) in [5.74, 6) is -0.261. The first-order valence-corrected chi connectivity index (χ1v) is 14.4. The van der Waals surface area contributed by atoms with Crippen LogP contribution in [0.1, 0.15) is 58.8 Å². The molecular weight excluding hydrogens is 500 g/mol. The number of carbonyl (C=O) groups is 3. The van der Waals surface area contributed by atoms with Gasteiger partial charge in [-0.3, -0.25) is 14.4 Å². The summed E-state index contributed by atoms with van der Waals surface area (Å²) in [6, 6.07) is 5.56. The molecule has 3 amide bonds.